The summed E-state index contributed by atoms with van der Waals surface area (Å²) in [7, 11) is 0. The van der Waals surface area contributed by atoms with E-state index in [0.717, 1.165) is 79.4 Å². The van der Waals surface area contributed by atoms with Crippen LogP contribution >= 0.6 is 22.7 Å². The minimum Gasteiger partial charge on any atom is -0.310 e. The highest BCUT2D eigenvalue weighted by molar-refractivity contribution is 7.27. The van der Waals surface area contributed by atoms with Crippen LogP contribution in [0, 0.1) is 27.7 Å². The normalized spacial score (nSPS) is 11.7. The first-order valence-electron chi connectivity index (χ1n) is 33.6. The molecule has 18 rings (SSSR count). The van der Waals surface area contributed by atoms with Crippen LogP contribution < -0.4 is 19.6 Å². The minimum atomic E-state index is 1.07. The van der Waals surface area contributed by atoms with E-state index < -0.39 is 0 Å². The fourth-order valence-electron chi connectivity index (χ4n) is 15.0. The summed E-state index contributed by atoms with van der Waals surface area (Å²) in [6, 6.07) is 122. The van der Waals surface area contributed by atoms with Gasteiger partial charge in [0.1, 0.15) is 0 Å². The molecule has 98 heavy (non-hydrogen) atoms. The molecule has 466 valence electrons. The predicted octanol–water partition coefficient (Wildman–Crippen LogP) is 27.8. The van der Waals surface area contributed by atoms with Crippen LogP contribution in [0.4, 0.5) is 68.2 Å². The lowest BCUT2D eigenvalue weighted by Gasteiger charge is -2.29. The summed E-state index contributed by atoms with van der Waals surface area (Å²) < 4.78 is 5.05. The Balaban J connectivity index is 0.797. The highest BCUT2D eigenvalue weighted by Crippen LogP contribution is 2.54. The quantitative estimate of drug-likeness (QED) is 0.114. The molecule has 0 unspecified atom stereocenters. The van der Waals surface area contributed by atoms with Crippen molar-refractivity contribution in [2.45, 2.75) is 27.7 Å². The largest absolute Gasteiger partial charge is 0.310 e. The third kappa shape index (κ3) is 10.1. The molecule has 2 heterocycles. The van der Waals surface area contributed by atoms with Crippen molar-refractivity contribution in [2.75, 3.05) is 19.6 Å². The molecule has 0 saturated heterocycles. The van der Waals surface area contributed by atoms with Gasteiger partial charge in [0.2, 0.25) is 0 Å². The van der Waals surface area contributed by atoms with E-state index >= 15 is 0 Å². The Morgan fingerprint density at radius 1 is 0.194 bits per heavy atom. The number of aryl methyl sites for hydroxylation is 4. The Hall–Kier alpha value is -11.8. The summed E-state index contributed by atoms with van der Waals surface area (Å²) in [5.74, 6) is 0. The second-order valence-electron chi connectivity index (χ2n) is 25.9. The summed E-state index contributed by atoms with van der Waals surface area (Å²) in [4.78, 5) is 9.84. The number of para-hydroxylation sites is 2. The van der Waals surface area contributed by atoms with Gasteiger partial charge in [0.25, 0.3) is 0 Å². The zero-order chi connectivity index (χ0) is 65.5. The first kappa shape index (κ1) is 58.8. The van der Waals surface area contributed by atoms with E-state index in [1.807, 2.05) is 22.7 Å². The van der Waals surface area contributed by atoms with E-state index in [1.54, 1.807) is 0 Å². The van der Waals surface area contributed by atoms with E-state index in [-0.39, 0.29) is 0 Å². The van der Waals surface area contributed by atoms with Crippen LogP contribution in [0.5, 0.6) is 0 Å². The number of fused-ring (bicyclic) bond motifs is 14. The van der Waals surface area contributed by atoms with Gasteiger partial charge in [-0.25, -0.2) is 0 Å². The molecule has 4 nitrogen and oxygen atoms in total. The molecule has 6 heteroatoms. The highest BCUT2D eigenvalue weighted by atomic mass is 32.1. The summed E-state index contributed by atoms with van der Waals surface area (Å²) in [6.07, 6.45) is 0. The van der Waals surface area contributed by atoms with Crippen molar-refractivity contribution in [3.8, 4) is 11.1 Å². The molecule has 0 atom stereocenters. The highest BCUT2D eigenvalue weighted by Gasteiger charge is 2.27. The van der Waals surface area contributed by atoms with Crippen LogP contribution in [0.1, 0.15) is 22.3 Å². The SMILES string of the molecule is Cc1ccc(N(c2cccc(-c3cccc(N(c4cccc(C)c4)c4cc5sc6c7ccccc7c(N(c7ccccc7)c7cccc(C)c7)cc6c5c5ccccc45)c3)c2)c2cc3c(sc4cc(N(c5ccccc5)c5ccc(C)cc5)c5ccccc5c43)c3ccccc23)cc1. The molecule has 0 aliphatic carbocycles. The van der Waals surface area contributed by atoms with Crippen molar-refractivity contribution in [1.29, 1.82) is 0 Å². The lowest BCUT2D eigenvalue weighted by molar-refractivity contribution is 1.28. The molecule has 18 aromatic rings. The number of nitrogens with zero attached hydrogens (tertiary/aromatic N) is 4. The van der Waals surface area contributed by atoms with Gasteiger partial charge >= 0.3 is 0 Å². The number of rotatable bonds is 13. The second-order valence-corrected chi connectivity index (χ2v) is 28.0. The van der Waals surface area contributed by atoms with Crippen LogP contribution in [-0.4, -0.2) is 0 Å². The number of benzene rings is 16. The van der Waals surface area contributed by atoms with Crippen molar-refractivity contribution in [1.82, 2.24) is 0 Å². The topological polar surface area (TPSA) is 13.0 Å². The van der Waals surface area contributed by atoms with Crippen LogP contribution in [0.15, 0.2) is 328 Å². The van der Waals surface area contributed by atoms with E-state index in [9.17, 15) is 0 Å². The lowest BCUT2D eigenvalue weighted by Crippen LogP contribution is -2.11. The number of anilines is 12. The minimum absolute atomic E-state index is 1.07. The van der Waals surface area contributed by atoms with Crippen molar-refractivity contribution >= 4 is 174 Å². The van der Waals surface area contributed by atoms with Crippen LogP contribution in [0.2, 0.25) is 0 Å². The monoisotopic (exact) mass is 1290 g/mol. The van der Waals surface area contributed by atoms with Gasteiger partial charge < -0.3 is 19.6 Å². The van der Waals surface area contributed by atoms with Crippen LogP contribution in [-0.2, 0) is 0 Å². The van der Waals surface area contributed by atoms with Gasteiger partial charge in [-0.3, -0.25) is 0 Å². The molecule has 2 aromatic heterocycles. The number of hydrogen-bond donors (Lipinski definition) is 0. The van der Waals surface area contributed by atoms with Crippen molar-refractivity contribution in [3.63, 3.8) is 0 Å². The molecule has 0 fully saturated rings. The lowest BCUT2D eigenvalue weighted by atomic mass is 9.97. The summed E-state index contributed by atoms with van der Waals surface area (Å²) in [6.45, 7) is 8.70. The fourth-order valence-corrected chi connectivity index (χ4v) is 17.6. The zero-order valence-corrected chi connectivity index (χ0v) is 56.4. The summed E-state index contributed by atoms with van der Waals surface area (Å²) in [5.41, 5.74) is 20.5. The van der Waals surface area contributed by atoms with Gasteiger partial charge in [-0.1, -0.05) is 217 Å². The maximum atomic E-state index is 2.49. The third-order valence-electron chi connectivity index (χ3n) is 19.5. The molecular formula is C92H66N4S2. The van der Waals surface area contributed by atoms with E-state index in [1.165, 1.54) is 106 Å². The fraction of sp³-hybridized carbons (Fsp3) is 0.0435. The molecule has 16 aromatic carbocycles. The average Bonchev–Trinajstić information content (AvgIpc) is 1.50. The molecule has 0 aliphatic rings. The van der Waals surface area contributed by atoms with Crippen LogP contribution in [0.3, 0.4) is 0 Å². The maximum Gasteiger partial charge on any atom is 0.0554 e. The number of thiophene rings is 2. The Morgan fingerprint density at radius 3 is 0.867 bits per heavy atom. The van der Waals surface area contributed by atoms with Gasteiger partial charge in [0.15, 0.2) is 0 Å². The first-order chi connectivity index (χ1) is 48.2. The van der Waals surface area contributed by atoms with Gasteiger partial charge in [-0.15, -0.1) is 22.7 Å². The number of hydrogen-bond acceptors (Lipinski definition) is 6. The Morgan fingerprint density at radius 2 is 0.480 bits per heavy atom. The van der Waals surface area contributed by atoms with Gasteiger partial charge in [-0.2, -0.15) is 0 Å². The molecular weight excluding hydrogens is 1230 g/mol. The molecule has 0 saturated carbocycles. The summed E-state index contributed by atoms with van der Waals surface area (Å²) >= 11 is 3.80. The van der Waals surface area contributed by atoms with Gasteiger partial charge in [0, 0.05) is 118 Å². The predicted molar refractivity (Wildman–Crippen MR) is 425 cm³/mol. The summed E-state index contributed by atoms with van der Waals surface area (Å²) in [5, 5.41) is 14.8. The van der Waals surface area contributed by atoms with Gasteiger partial charge in [-0.05, 0) is 182 Å². The Labute approximate surface area is 578 Å². The third-order valence-corrected chi connectivity index (χ3v) is 21.9. The Bertz CT molecular complexity index is 6130. The zero-order valence-electron chi connectivity index (χ0n) is 54.8. The smallest absolute Gasteiger partial charge is 0.0554 e. The molecule has 0 radical (unpaired) electrons. The standard InChI is InChI=1S/C92H66N4S2/c1-59-43-47-67(48-44-59)93(65-27-7-5-8-28-65)85-57-87-89(77-39-15-11-35-73(77)85)82-56-84(76-38-14-18-42-80(76)92(82)97-87)95(68-49-45-60(2)46-50-68)71-33-21-25-63(53-71)64-26-22-34-72(54-64)96(70-32-20-24-62(4)52-70)86-58-88-90(78-40-16-12-36-74(78)86)81-55-83(75-37-13-17-41-79(75)91(81)98-88)94(66-29-9-6-10-30-66)69-31-19-23-61(3)51-69/h5-58H,1-4H3. The van der Waals surface area contributed by atoms with Crippen molar-refractivity contribution in [3.05, 3.63) is 350 Å². The van der Waals surface area contributed by atoms with Gasteiger partial charge in [0.05, 0.1) is 22.7 Å². The van der Waals surface area contributed by atoms with Crippen LogP contribution in [0.25, 0.3) is 94.6 Å². The first-order valence-corrected chi connectivity index (χ1v) is 35.3. The Kier molecular flexibility index (Phi) is 14.5. The van der Waals surface area contributed by atoms with E-state index in [2.05, 4.69) is 375 Å². The van der Waals surface area contributed by atoms with E-state index in [4.69, 9.17) is 0 Å². The molecule has 0 aliphatic heterocycles. The maximum absolute atomic E-state index is 2.49. The average molecular weight is 1290 g/mol. The van der Waals surface area contributed by atoms with Crippen molar-refractivity contribution < 1.29 is 0 Å². The molecule has 0 spiro atoms. The molecule has 0 amide bonds. The molecule has 0 bridgehead atoms. The van der Waals surface area contributed by atoms with Crippen molar-refractivity contribution in [2.24, 2.45) is 0 Å². The molecule has 0 N–H and O–H groups in total. The second kappa shape index (κ2) is 24.1. The van der Waals surface area contributed by atoms with E-state index in [0.29, 0.717) is 0 Å².